The van der Waals surface area contributed by atoms with Gasteiger partial charge in [-0.2, -0.15) is 0 Å². The van der Waals surface area contributed by atoms with Crippen LogP contribution in [0.1, 0.15) is 49.4 Å². The van der Waals surface area contributed by atoms with E-state index in [0.717, 1.165) is 19.3 Å². The zero-order chi connectivity index (χ0) is 20.1. The lowest BCUT2D eigenvalue weighted by atomic mass is 9.86. The quantitative estimate of drug-likeness (QED) is 0.705. The smallest absolute Gasteiger partial charge is 0.339 e. The molecule has 1 amide bonds. The molecule has 0 radical (unpaired) electrons. The molecule has 1 heterocycles. The summed E-state index contributed by atoms with van der Waals surface area (Å²) < 4.78 is 28.6. The number of ether oxygens (including phenoxy) is 1. The van der Waals surface area contributed by atoms with Crippen molar-refractivity contribution in [2.45, 2.75) is 55.2 Å². The number of carbonyl (C=O) groups is 2. The third-order valence-corrected chi connectivity index (χ3v) is 8.71. The Bertz CT molecular complexity index is 824. The van der Waals surface area contributed by atoms with E-state index in [4.69, 9.17) is 4.74 Å². The number of thioether (sulfide) groups is 1. The van der Waals surface area contributed by atoms with Crippen LogP contribution in [-0.4, -0.2) is 49.7 Å². The van der Waals surface area contributed by atoms with Crippen LogP contribution in [0.5, 0.6) is 0 Å². The first-order chi connectivity index (χ1) is 13.3. The number of hydrogen-bond donors (Lipinski definition) is 1. The normalized spacial score (nSPS) is 26.5. The summed E-state index contributed by atoms with van der Waals surface area (Å²) in [6, 6.07) is 7.12. The van der Waals surface area contributed by atoms with E-state index in [-0.39, 0.29) is 35.3 Å². The number of benzene rings is 1. The van der Waals surface area contributed by atoms with E-state index in [1.54, 1.807) is 24.3 Å². The minimum atomic E-state index is -2.98. The molecule has 1 aromatic rings. The van der Waals surface area contributed by atoms with Gasteiger partial charge in [-0.15, -0.1) is 11.8 Å². The van der Waals surface area contributed by atoms with Crippen molar-refractivity contribution in [3.63, 3.8) is 0 Å². The fraction of sp³-hybridized carbons (Fsp3) is 0.600. The molecule has 154 valence electrons. The number of nitrogens with one attached hydrogen (secondary N) is 1. The van der Waals surface area contributed by atoms with Crippen LogP contribution in [0.3, 0.4) is 0 Å². The molecule has 1 N–H and O–H groups in total. The molecule has 1 aliphatic heterocycles. The Kier molecular flexibility index (Phi) is 7.04. The molecule has 1 aromatic carbocycles. The van der Waals surface area contributed by atoms with Crippen molar-refractivity contribution in [2.75, 3.05) is 18.1 Å². The van der Waals surface area contributed by atoms with Gasteiger partial charge in [-0.05, 0) is 37.3 Å². The van der Waals surface area contributed by atoms with Crippen LogP contribution in [0.15, 0.2) is 29.2 Å². The van der Waals surface area contributed by atoms with Crippen LogP contribution in [0.4, 0.5) is 0 Å². The van der Waals surface area contributed by atoms with E-state index in [1.165, 1.54) is 18.2 Å². The summed E-state index contributed by atoms with van der Waals surface area (Å²) in [6.07, 6.45) is 4.95. The zero-order valence-corrected chi connectivity index (χ0v) is 17.7. The predicted octanol–water partition coefficient (Wildman–Crippen LogP) is 2.82. The second-order valence-corrected chi connectivity index (χ2v) is 11.2. The second kappa shape index (κ2) is 9.31. The molecule has 3 rings (SSSR count). The summed E-state index contributed by atoms with van der Waals surface area (Å²) in [5.41, 5.74) is 0.371. The summed E-state index contributed by atoms with van der Waals surface area (Å²) in [4.78, 5) is 25.4. The van der Waals surface area contributed by atoms with Crippen LogP contribution in [-0.2, 0) is 19.4 Å². The average Bonchev–Trinajstić information content (AvgIpc) is 3.00. The Labute approximate surface area is 170 Å². The summed E-state index contributed by atoms with van der Waals surface area (Å²) in [5, 5.41) is 2.91. The number of carbonyl (C=O) groups excluding carboxylic acids is 2. The third-order valence-electron chi connectivity index (χ3n) is 5.38. The molecule has 0 spiro atoms. The first-order valence-electron chi connectivity index (χ1n) is 9.76. The molecule has 28 heavy (non-hydrogen) atoms. The third kappa shape index (κ3) is 5.73. The molecule has 2 fully saturated rings. The monoisotopic (exact) mass is 425 g/mol. The first kappa shape index (κ1) is 21.2. The van der Waals surface area contributed by atoms with Crippen molar-refractivity contribution in [3.8, 4) is 0 Å². The van der Waals surface area contributed by atoms with Crippen molar-refractivity contribution in [2.24, 2.45) is 5.92 Å². The van der Waals surface area contributed by atoms with Crippen LogP contribution in [0.25, 0.3) is 0 Å². The van der Waals surface area contributed by atoms with E-state index in [2.05, 4.69) is 12.2 Å². The van der Waals surface area contributed by atoms with Crippen molar-refractivity contribution >= 4 is 33.5 Å². The SMILES string of the molecule is C[C@@H]1CCCC[C@@H]1NC(=O)COC(=O)c1ccccc1S[C@@H]1CCS(=O)(=O)C1. The zero-order valence-electron chi connectivity index (χ0n) is 16.1. The van der Waals surface area contributed by atoms with Gasteiger partial charge in [0.1, 0.15) is 0 Å². The van der Waals surface area contributed by atoms with Gasteiger partial charge in [-0.25, -0.2) is 13.2 Å². The first-order valence-corrected chi connectivity index (χ1v) is 12.5. The van der Waals surface area contributed by atoms with E-state index in [9.17, 15) is 18.0 Å². The molecule has 0 aromatic heterocycles. The largest absolute Gasteiger partial charge is 0.452 e. The summed E-state index contributed by atoms with van der Waals surface area (Å²) in [6.45, 7) is 1.83. The highest BCUT2D eigenvalue weighted by Gasteiger charge is 2.30. The maximum Gasteiger partial charge on any atom is 0.339 e. The Balaban J connectivity index is 1.55. The van der Waals surface area contributed by atoms with Gasteiger partial charge in [0.2, 0.25) is 0 Å². The van der Waals surface area contributed by atoms with Gasteiger partial charge in [0.15, 0.2) is 16.4 Å². The number of esters is 1. The van der Waals surface area contributed by atoms with E-state index >= 15 is 0 Å². The fourth-order valence-electron chi connectivity index (χ4n) is 3.76. The lowest BCUT2D eigenvalue weighted by molar-refractivity contribution is -0.125. The molecular formula is C20H27NO5S2. The van der Waals surface area contributed by atoms with Crippen molar-refractivity contribution < 1.29 is 22.7 Å². The molecule has 6 nitrogen and oxygen atoms in total. The van der Waals surface area contributed by atoms with Gasteiger partial charge in [0.25, 0.3) is 5.91 Å². The molecule has 1 saturated heterocycles. The molecule has 1 aliphatic carbocycles. The van der Waals surface area contributed by atoms with E-state index in [0.29, 0.717) is 22.8 Å². The van der Waals surface area contributed by atoms with Crippen molar-refractivity contribution in [1.82, 2.24) is 5.32 Å². The summed E-state index contributed by atoms with van der Waals surface area (Å²) in [7, 11) is -2.98. The molecule has 1 saturated carbocycles. The topological polar surface area (TPSA) is 89.5 Å². The van der Waals surface area contributed by atoms with Crippen LogP contribution in [0.2, 0.25) is 0 Å². The van der Waals surface area contributed by atoms with Crippen LogP contribution < -0.4 is 5.32 Å². The highest BCUT2D eigenvalue weighted by molar-refractivity contribution is 8.02. The number of amides is 1. The number of sulfone groups is 1. The number of rotatable bonds is 6. The van der Waals surface area contributed by atoms with E-state index < -0.39 is 15.8 Å². The lowest BCUT2D eigenvalue weighted by Crippen LogP contribution is -2.42. The minimum Gasteiger partial charge on any atom is -0.452 e. The maximum absolute atomic E-state index is 12.5. The van der Waals surface area contributed by atoms with Gasteiger partial charge in [0, 0.05) is 16.2 Å². The molecular weight excluding hydrogens is 398 g/mol. The van der Waals surface area contributed by atoms with Gasteiger partial charge in [-0.3, -0.25) is 4.79 Å². The highest BCUT2D eigenvalue weighted by Crippen LogP contribution is 2.33. The Morgan fingerprint density at radius 3 is 2.64 bits per heavy atom. The van der Waals surface area contributed by atoms with Crippen LogP contribution >= 0.6 is 11.8 Å². The standard InChI is InChI=1S/C20H27NO5S2/c1-14-6-2-4-8-17(14)21-19(22)12-26-20(23)16-7-3-5-9-18(16)27-15-10-11-28(24,25)13-15/h3,5,7,9,14-15,17H,2,4,6,8,10-13H2,1H3,(H,21,22)/t14-,15-,17+/m1/s1. The van der Waals surface area contributed by atoms with E-state index in [1.807, 2.05) is 0 Å². The van der Waals surface area contributed by atoms with Gasteiger partial charge in [-0.1, -0.05) is 31.9 Å². The second-order valence-electron chi connectivity index (χ2n) is 7.65. The molecule has 3 atom stereocenters. The Hall–Kier alpha value is -1.54. The molecule has 0 bridgehead atoms. The maximum atomic E-state index is 12.5. The Morgan fingerprint density at radius 2 is 1.93 bits per heavy atom. The van der Waals surface area contributed by atoms with Gasteiger partial charge < -0.3 is 10.1 Å². The predicted molar refractivity (Wildman–Crippen MR) is 109 cm³/mol. The van der Waals surface area contributed by atoms with Crippen molar-refractivity contribution in [3.05, 3.63) is 29.8 Å². The minimum absolute atomic E-state index is 0.0602. The van der Waals surface area contributed by atoms with Crippen LogP contribution in [0, 0.1) is 5.92 Å². The molecule has 8 heteroatoms. The number of hydrogen-bond acceptors (Lipinski definition) is 6. The molecule has 2 aliphatic rings. The highest BCUT2D eigenvalue weighted by atomic mass is 32.2. The summed E-state index contributed by atoms with van der Waals surface area (Å²) in [5.74, 6) is -0.0804. The van der Waals surface area contributed by atoms with Gasteiger partial charge >= 0.3 is 5.97 Å². The molecule has 0 unspecified atom stereocenters. The van der Waals surface area contributed by atoms with Gasteiger partial charge in [0.05, 0.1) is 17.1 Å². The van der Waals surface area contributed by atoms with Crippen molar-refractivity contribution in [1.29, 1.82) is 0 Å². The lowest BCUT2D eigenvalue weighted by Gasteiger charge is -2.29. The fourth-order valence-corrected chi connectivity index (χ4v) is 7.38. The summed E-state index contributed by atoms with van der Waals surface area (Å²) >= 11 is 1.39. The average molecular weight is 426 g/mol. The Morgan fingerprint density at radius 1 is 1.18 bits per heavy atom.